The second-order valence-electron chi connectivity index (χ2n) is 9.55. The number of rotatable bonds is 11. The number of benzene rings is 4. The van der Waals surface area contributed by atoms with Gasteiger partial charge in [0.05, 0.1) is 11.4 Å². The largest absolute Gasteiger partial charge is 0.461 e. The van der Waals surface area contributed by atoms with E-state index >= 15 is 0 Å². The lowest BCUT2D eigenvalue weighted by Crippen LogP contribution is -2.33. The lowest BCUT2D eigenvalue weighted by Gasteiger charge is -2.19. The molecule has 0 aromatic heterocycles. The quantitative estimate of drug-likeness (QED) is 0.0603. The number of amidine groups is 1. The minimum absolute atomic E-state index is 0.0761. The molecule has 7 N–H and O–H groups in total. The normalized spacial score (nSPS) is 11.8. The van der Waals surface area contributed by atoms with Gasteiger partial charge in [-0.25, -0.2) is 4.79 Å². The molecule has 0 radical (unpaired) electrons. The van der Waals surface area contributed by atoms with Gasteiger partial charge < -0.3 is 31.7 Å². The average molecular weight is 609 g/mol. The molecule has 4 rings (SSSR count). The van der Waals surface area contributed by atoms with E-state index in [1.54, 1.807) is 72.8 Å². The summed E-state index contributed by atoms with van der Waals surface area (Å²) in [6.45, 7) is 1.89. The minimum atomic E-state index is -4.67. The predicted octanol–water partition coefficient (Wildman–Crippen LogP) is 7.28. The van der Waals surface area contributed by atoms with Gasteiger partial charge in [0.2, 0.25) is 0 Å². The Bertz CT molecular complexity index is 1630. The van der Waals surface area contributed by atoms with E-state index in [9.17, 15) is 27.2 Å². The molecular weight excluding hydrogens is 580 g/mol. The van der Waals surface area contributed by atoms with Crippen LogP contribution in [-0.2, 0) is 0 Å². The molecule has 0 aliphatic heterocycles. The van der Waals surface area contributed by atoms with Crippen molar-refractivity contribution >= 4 is 40.5 Å². The van der Waals surface area contributed by atoms with Crippen LogP contribution in [0, 0.1) is 5.41 Å². The number of hydrogen-bond donors (Lipinski definition) is 6. The first-order valence-electron chi connectivity index (χ1n) is 13.2. The maximum atomic E-state index is 13.2. The highest BCUT2D eigenvalue weighted by atomic mass is 19.3. The molecule has 0 saturated heterocycles. The van der Waals surface area contributed by atoms with Gasteiger partial charge in [-0.1, -0.05) is 30.3 Å². The van der Waals surface area contributed by atoms with E-state index in [1.807, 2.05) is 6.92 Å². The zero-order valence-electron chi connectivity index (χ0n) is 23.2. The van der Waals surface area contributed by atoms with Gasteiger partial charge in [0.25, 0.3) is 5.91 Å². The number of para-hydroxylation sites is 2. The van der Waals surface area contributed by atoms with E-state index < -0.39 is 30.2 Å². The summed E-state index contributed by atoms with van der Waals surface area (Å²) in [6, 6.07) is 24.3. The number of amides is 3. The van der Waals surface area contributed by atoms with E-state index in [-0.39, 0.29) is 23.1 Å². The second-order valence-corrected chi connectivity index (χ2v) is 9.55. The van der Waals surface area contributed by atoms with Crippen LogP contribution in [0.4, 0.5) is 45.1 Å². The molecule has 0 fully saturated rings. The highest BCUT2D eigenvalue weighted by molar-refractivity contribution is 6.04. The molecule has 0 aliphatic rings. The van der Waals surface area contributed by atoms with Crippen molar-refractivity contribution in [2.75, 3.05) is 21.3 Å². The Morgan fingerprint density at radius 1 is 0.795 bits per heavy atom. The van der Waals surface area contributed by atoms with Crippen LogP contribution in [0.1, 0.15) is 34.5 Å². The van der Waals surface area contributed by atoms with Crippen LogP contribution in [0.5, 0.6) is 5.75 Å². The molecule has 9 nitrogen and oxygen atoms in total. The molecule has 44 heavy (non-hydrogen) atoms. The van der Waals surface area contributed by atoms with Crippen LogP contribution in [0.25, 0.3) is 0 Å². The van der Waals surface area contributed by atoms with E-state index in [0.29, 0.717) is 22.6 Å². The Labute approximate surface area is 249 Å². The van der Waals surface area contributed by atoms with Gasteiger partial charge in [0.15, 0.2) is 0 Å². The molecular formula is C31H28F4N6O3. The maximum absolute atomic E-state index is 13.2. The number of ether oxygens (including phenoxy) is 1. The summed E-state index contributed by atoms with van der Waals surface area (Å²) >= 11 is 0. The fourth-order valence-corrected chi connectivity index (χ4v) is 4.02. The number of carbonyl (C=O) groups excluding carboxylic acids is 2. The standard InChI is InChI=1S/C31H28F4N6O3/c1-18(38-25-7-2-3-8-26(25)41-30(43)40-22-15-13-20(14-16-22)27(36)37)19-9-11-21(12-10-19)28(42)39-23-5-4-6-24(17-23)44-31(34,35)29(32)33/h2-18,29,38H,1H3,(H3,36,37)(H,39,42)(H2,40,41,43). The van der Waals surface area contributed by atoms with Crippen molar-refractivity contribution in [3.8, 4) is 5.75 Å². The number of anilines is 4. The topological polar surface area (TPSA) is 141 Å². The molecule has 228 valence electrons. The van der Waals surface area contributed by atoms with Crippen molar-refractivity contribution in [1.29, 1.82) is 5.41 Å². The molecule has 3 amide bonds. The first-order valence-corrected chi connectivity index (χ1v) is 13.2. The molecule has 0 spiro atoms. The Kier molecular flexibility index (Phi) is 9.68. The number of nitrogen functional groups attached to an aromatic ring is 1. The number of urea groups is 1. The Morgan fingerprint density at radius 3 is 2.07 bits per heavy atom. The van der Waals surface area contributed by atoms with Crippen molar-refractivity contribution in [3.63, 3.8) is 0 Å². The van der Waals surface area contributed by atoms with Crippen molar-refractivity contribution < 1.29 is 31.9 Å². The van der Waals surface area contributed by atoms with Crippen LogP contribution >= 0.6 is 0 Å². The third-order valence-electron chi connectivity index (χ3n) is 6.27. The minimum Gasteiger partial charge on any atom is -0.428 e. The average Bonchev–Trinajstić information content (AvgIpc) is 2.98. The van der Waals surface area contributed by atoms with Gasteiger partial charge in [-0.2, -0.15) is 17.6 Å². The molecule has 1 atom stereocenters. The van der Waals surface area contributed by atoms with E-state index in [0.717, 1.165) is 17.7 Å². The lowest BCUT2D eigenvalue weighted by molar-refractivity contribution is -0.253. The second kappa shape index (κ2) is 13.6. The number of nitrogens with one attached hydrogen (secondary N) is 5. The Morgan fingerprint density at radius 2 is 1.43 bits per heavy atom. The third-order valence-corrected chi connectivity index (χ3v) is 6.27. The highest BCUT2D eigenvalue weighted by Crippen LogP contribution is 2.30. The zero-order chi connectivity index (χ0) is 31.9. The summed E-state index contributed by atoms with van der Waals surface area (Å²) in [7, 11) is 0. The maximum Gasteiger partial charge on any atom is 0.461 e. The number of alkyl halides is 4. The summed E-state index contributed by atoms with van der Waals surface area (Å²) in [6.07, 6.45) is -8.68. The van der Waals surface area contributed by atoms with Crippen LogP contribution < -0.4 is 31.7 Å². The van der Waals surface area contributed by atoms with Crippen LogP contribution in [0.3, 0.4) is 0 Å². The molecule has 1 unspecified atom stereocenters. The van der Waals surface area contributed by atoms with E-state index in [4.69, 9.17) is 11.1 Å². The van der Waals surface area contributed by atoms with Crippen molar-refractivity contribution in [2.24, 2.45) is 5.73 Å². The molecule has 0 bridgehead atoms. The van der Waals surface area contributed by atoms with Crippen LogP contribution in [0.2, 0.25) is 0 Å². The van der Waals surface area contributed by atoms with Crippen molar-refractivity contribution in [3.05, 3.63) is 114 Å². The first-order chi connectivity index (χ1) is 20.9. The number of halogens is 4. The molecule has 0 heterocycles. The Hall–Kier alpha value is -5.59. The number of carbonyl (C=O) groups is 2. The van der Waals surface area contributed by atoms with Crippen LogP contribution in [-0.4, -0.2) is 30.3 Å². The van der Waals surface area contributed by atoms with Gasteiger partial charge in [-0.05, 0) is 73.2 Å². The summed E-state index contributed by atoms with van der Waals surface area (Å²) < 4.78 is 55.4. The molecule has 4 aromatic rings. The fourth-order valence-electron chi connectivity index (χ4n) is 4.02. The van der Waals surface area contributed by atoms with E-state index in [2.05, 4.69) is 26.0 Å². The Balaban J connectivity index is 1.36. The van der Waals surface area contributed by atoms with Crippen molar-refractivity contribution in [1.82, 2.24) is 0 Å². The van der Waals surface area contributed by atoms with Gasteiger partial charge in [0, 0.05) is 34.6 Å². The summed E-state index contributed by atoms with van der Waals surface area (Å²) in [4.78, 5) is 25.3. The SMILES string of the molecule is CC(Nc1ccccc1NC(=O)Nc1ccc(C(=N)N)cc1)c1ccc(C(=O)Nc2cccc(OC(F)(F)C(F)F)c2)cc1. The molecule has 0 saturated carbocycles. The monoisotopic (exact) mass is 608 g/mol. The smallest absolute Gasteiger partial charge is 0.428 e. The lowest BCUT2D eigenvalue weighted by atomic mass is 10.0. The summed E-state index contributed by atoms with van der Waals surface area (Å²) in [5, 5.41) is 18.8. The summed E-state index contributed by atoms with van der Waals surface area (Å²) in [5.74, 6) is -1.15. The molecule has 4 aromatic carbocycles. The van der Waals surface area contributed by atoms with E-state index in [1.165, 1.54) is 12.1 Å². The number of hydrogen-bond acceptors (Lipinski definition) is 5. The van der Waals surface area contributed by atoms with Gasteiger partial charge >= 0.3 is 18.6 Å². The van der Waals surface area contributed by atoms with Gasteiger partial charge in [-0.3, -0.25) is 10.2 Å². The van der Waals surface area contributed by atoms with Gasteiger partial charge in [0.1, 0.15) is 11.6 Å². The zero-order valence-corrected chi connectivity index (χ0v) is 23.2. The highest BCUT2D eigenvalue weighted by Gasteiger charge is 2.44. The van der Waals surface area contributed by atoms with Crippen LogP contribution in [0.15, 0.2) is 97.1 Å². The summed E-state index contributed by atoms with van der Waals surface area (Å²) in [5.41, 5.74) is 8.84. The molecule has 0 aliphatic carbocycles. The van der Waals surface area contributed by atoms with Gasteiger partial charge in [-0.15, -0.1) is 0 Å². The fraction of sp³-hybridized carbons (Fsp3) is 0.129. The first kappa shape index (κ1) is 31.3. The number of nitrogens with two attached hydrogens (primary N) is 1. The predicted molar refractivity (Wildman–Crippen MR) is 161 cm³/mol. The third kappa shape index (κ3) is 8.25. The van der Waals surface area contributed by atoms with Crippen molar-refractivity contribution in [2.45, 2.75) is 25.5 Å². The molecule has 13 heteroatoms.